The molecule has 1 aromatic carbocycles. The van der Waals surface area contributed by atoms with Gasteiger partial charge in [-0.1, -0.05) is 23.7 Å². The van der Waals surface area contributed by atoms with Gasteiger partial charge < -0.3 is 10.1 Å². The molecule has 25 heavy (non-hydrogen) atoms. The van der Waals surface area contributed by atoms with Gasteiger partial charge in [-0.2, -0.15) is 10.2 Å². The van der Waals surface area contributed by atoms with Gasteiger partial charge in [-0.15, -0.1) is 0 Å². The molecule has 0 radical (unpaired) electrons. The summed E-state index contributed by atoms with van der Waals surface area (Å²) < 4.78 is 19.5. The molecule has 0 atom stereocenters. The number of nitrogens with zero attached hydrogens (tertiary/aromatic N) is 3. The number of aromatic nitrogens is 2. The Hall–Kier alpha value is -2.03. The first kappa shape index (κ1) is 19.3. The number of ether oxygens (including phenoxy) is 1. The van der Waals surface area contributed by atoms with E-state index in [0.29, 0.717) is 35.5 Å². The minimum absolute atomic E-state index is 0.277. The molecule has 9 heteroatoms. The normalized spacial score (nSPS) is 11.0. The maximum absolute atomic E-state index is 13.0. The highest BCUT2D eigenvalue weighted by molar-refractivity contribution is 7.80. The maximum Gasteiger partial charge on any atom is 0.187 e. The summed E-state index contributed by atoms with van der Waals surface area (Å²) >= 11 is 11.4. The molecule has 2 rings (SSSR count). The Labute approximate surface area is 156 Å². The largest absolute Gasteiger partial charge is 0.383 e. The summed E-state index contributed by atoms with van der Waals surface area (Å²) in [4.78, 5) is 0. The first-order valence-electron chi connectivity index (χ1n) is 7.54. The molecule has 1 aromatic heterocycles. The monoisotopic (exact) mass is 383 g/mol. The van der Waals surface area contributed by atoms with Crippen LogP contribution in [-0.2, 0) is 11.3 Å². The molecule has 0 amide bonds. The Balaban J connectivity index is 2.00. The average Bonchev–Trinajstić information content (AvgIpc) is 2.84. The van der Waals surface area contributed by atoms with E-state index >= 15 is 0 Å². The van der Waals surface area contributed by atoms with Crippen LogP contribution < -0.4 is 10.7 Å². The Morgan fingerprint density at radius 1 is 1.44 bits per heavy atom. The van der Waals surface area contributed by atoms with E-state index in [9.17, 15) is 4.39 Å². The summed E-state index contributed by atoms with van der Waals surface area (Å²) in [6.45, 7) is 3.42. The van der Waals surface area contributed by atoms with Crippen molar-refractivity contribution < 1.29 is 9.13 Å². The second kappa shape index (κ2) is 9.45. The van der Waals surface area contributed by atoms with Crippen LogP contribution in [0.15, 0.2) is 29.4 Å². The van der Waals surface area contributed by atoms with E-state index in [0.717, 1.165) is 11.3 Å². The van der Waals surface area contributed by atoms with E-state index in [1.807, 2.05) is 6.92 Å². The topological polar surface area (TPSA) is 63.5 Å². The third-order valence-electron chi connectivity index (χ3n) is 3.31. The Kier molecular flexibility index (Phi) is 7.30. The fourth-order valence-corrected chi connectivity index (χ4v) is 2.48. The molecular formula is C16H19ClFN5OS. The number of thiocarbonyl (C=S) groups is 1. The fourth-order valence-electron chi connectivity index (χ4n) is 2.04. The number of halogens is 2. The molecule has 0 bridgehead atoms. The quantitative estimate of drug-likeness (QED) is 0.333. The van der Waals surface area contributed by atoms with Gasteiger partial charge in [0.1, 0.15) is 11.0 Å². The predicted molar refractivity (Wildman–Crippen MR) is 101 cm³/mol. The van der Waals surface area contributed by atoms with Gasteiger partial charge in [-0.25, -0.2) is 9.07 Å². The summed E-state index contributed by atoms with van der Waals surface area (Å²) in [7, 11) is 1.62. The summed E-state index contributed by atoms with van der Waals surface area (Å²) in [6.07, 6.45) is 1.57. The number of hydrogen-bond donors (Lipinski definition) is 2. The molecule has 0 saturated heterocycles. The van der Waals surface area contributed by atoms with Gasteiger partial charge in [0.2, 0.25) is 0 Å². The number of aryl methyl sites for hydroxylation is 1. The number of methoxy groups -OCH3 is 1. The number of rotatable bonds is 7. The third-order valence-corrected chi connectivity index (χ3v) is 3.94. The molecule has 0 aliphatic rings. The van der Waals surface area contributed by atoms with Crippen LogP contribution in [0.1, 0.15) is 16.8 Å². The van der Waals surface area contributed by atoms with Crippen LogP contribution in [0, 0.1) is 12.7 Å². The van der Waals surface area contributed by atoms with Crippen molar-refractivity contribution in [2.75, 3.05) is 20.3 Å². The second-order valence-electron chi connectivity index (χ2n) is 5.19. The van der Waals surface area contributed by atoms with Crippen molar-refractivity contribution in [2.24, 2.45) is 5.10 Å². The van der Waals surface area contributed by atoms with Gasteiger partial charge in [-0.05, 0) is 36.8 Å². The summed E-state index contributed by atoms with van der Waals surface area (Å²) in [5, 5.41) is 12.2. The van der Waals surface area contributed by atoms with Gasteiger partial charge in [0, 0.05) is 13.7 Å². The van der Waals surface area contributed by atoms with Gasteiger partial charge >= 0.3 is 0 Å². The minimum Gasteiger partial charge on any atom is -0.383 e. The van der Waals surface area contributed by atoms with Crippen LogP contribution in [-0.4, -0.2) is 41.4 Å². The highest BCUT2D eigenvalue weighted by Gasteiger charge is 2.12. The highest BCUT2D eigenvalue weighted by atomic mass is 35.5. The van der Waals surface area contributed by atoms with Gasteiger partial charge in [0.05, 0.1) is 30.6 Å². The molecule has 0 unspecified atom stereocenters. The Morgan fingerprint density at radius 3 is 2.84 bits per heavy atom. The number of hydrogen-bond acceptors (Lipinski definition) is 4. The van der Waals surface area contributed by atoms with E-state index in [2.05, 4.69) is 20.9 Å². The maximum atomic E-state index is 13.0. The summed E-state index contributed by atoms with van der Waals surface area (Å²) in [5.41, 5.74) is 5.03. The van der Waals surface area contributed by atoms with Gasteiger partial charge in [0.25, 0.3) is 0 Å². The Morgan fingerprint density at radius 2 is 2.16 bits per heavy atom. The van der Waals surface area contributed by atoms with Crippen LogP contribution in [0.5, 0.6) is 0 Å². The smallest absolute Gasteiger partial charge is 0.187 e. The van der Waals surface area contributed by atoms with Crippen molar-refractivity contribution in [3.8, 4) is 0 Å². The molecule has 1 heterocycles. The lowest BCUT2D eigenvalue weighted by Crippen LogP contribution is -2.34. The zero-order chi connectivity index (χ0) is 18.2. The van der Waals surface area contributed by atoms with Crippen LogP contribution in [0.25, 0.3) is 0 Å². The lowest BCUT2D eigenvalue weighted by atomic mass is 10.2. The number of nitrogens with one attached hydrogen (secondary N) is 2. The van der Waals surface area contributed by atoms with E-state index < -0.39 is 0 Å². The lowest BCUT2D eigenvalue weighted by molar-refractivity contribution is 0.204. The van der Waals surface area contributed by atoms with E-state index in [1.165, 1.54) is 12.1 Å². The highest BCUT2D eigenvalue weighted by Crippen LogP contribution is 2.19. The zero-order valence-corrected chi connectivity index (χ0v) is 15.5. The molecule has 6 nitrogen and oxygen atoms in total. The zero-order valence-electron chi connectivity index (χ0n) is 13.9. The molecular weight excluding hydrogens is 365 g/mol. The molecule has 0 aliphatic carbocycles. The van der Waals surface area contributed by atoms with Crippen molar-refractivity contribution in [3.05, 3.63) is 52.1 Å². The van der Waals surface area contributed by atoms with Crippen molar-refractivity contribution in [1.29, 1.82) is 0 Å². The second-order valence-corrected chi connectivity index (χ2v) is 5.96. The van der Waals surface area contributed by atoms with Crippen molar-refractivity contribution >= 4 is 35.1 Å². The van der Waals surface area contributed by atoms with E-state index in [4.69, 9.17) is 28.6 Å². The van der Waals surface area contributed by atoms with Crippen LogP contribution >= 0.6 is 23.8 Å². The molecule has 0 aliphatic heterocycles. The van der Waals surface area contributed by atoms with Gasteiger partial charge in [0.15, 0.2) is 5.11 Å². The molecule has 2 N–H and O–H groups in total. The molecule has 134 valence electrons. The van der Waals surface area contributed by atoms with Crippen molar-refractivity contribution in [3.63, 3.8) is 0 Å². The SMILES string of the molecule is COCCNC(=S)N/N=C\c1c(C)nn(Cc2ccc(F)cc2)c1Cl. The van der Waals surface area contributed by atoms with E-state index in [-0.39, 0.29) is 5.82 Å². The third kappa shape index (κ3) is 5.77. The van der Waals surface area contributed by atoms with Crippen LogP contribution in [0.2, 0.25) is 5.15 Å². The minimum atomic E-state index is -0.277. The van der Waals surface area contributed by atoms with Gasteiger partial charge in [-0.3, -0.25) is 5.43 Å². The molecule has 0 spiro atoms. The van der Waals surface area contributed by atoms with E-state index in [1.54, 1.807) is 30.1 Å². The Bertz CT molecular complexity index is 748. The molecule has 2 aromatic rings. The standard InChI is InChI=1S/C16H19ClFN5OS/c1-11-14(9-20-21-16(25)19-7-8-24-2)15(17)23(22-11)10-12-3-5-13(18)6-4-12/h3-6,9H,7-8,10H2,1-2H3,(H2,19,21,25)/b20-9-. The van der Waals surface area contributed by atoms with Crippen molar-refractivity contribution in [2.45, 2.75) is 13.5 Å². The lowest BCUT2D eigenvalue weighted by Gasteiger charge is -2.05. The fraction of sp³-hybridized carbons (Fsp3) is 0.312. The van der Waals surface area contributed by atoms with Crippen LogP contribution in [0.3, 0.4) is 0 Å². The van der Waals surface area contributed by atoms with Crippen molar-refractivity contribution in [1.82, 2.24) is 20.5 Å². The summed E-state index contributed by atoms with van der Waals surface area (Å²) in [5.74, 6) is -0.277. The first-order chi connectivity index (χ1) is 12.0. The molecule has 0 saturated carbocycles. The van der Waals surface area contributed by atoms with Crippen LogP contribution in [0.4, 0.5) is 4.39 Å². The number of benzene rings is 1. The predicted octanol–water partition coefficient (Wildman–Crippen LogP) is 2.48. The molecule has 0 fully saturated rings. The average molecular weight is 384 g/mol. The first-order valence-corrected chi connectivity index (χ1v) is 8.33. The summed E-state index contributed by atoms with van der Waals surface area (Å²) in [6, 6.07) is 6.21. The number of hydrazone groups is 1.